The summed E-state index contributed by atoms with van der Waals surface area (Å²) in [6.45, 7) is 8.40. The predicted octanol–water partition coefficient (Wildman–Crippen LogP) is -0.0246. The summed E-state index contributed by atoms with van der Waals surface area (Å²) in [7, 11) is 0. The standard InChI is InChI=1S/C42H79N11O7/c1-4-5-6-7-8-14-25-47-39(57)34(53-42(60)35(19-10-13-24-44)52-37(55)30(3)50-41(59)32-22-17-28-46-32)20-11-15-26-48-38(56)33(18-9-12-23-43)51-36(54)29(2)49-40(58)31-21-16-27-45-31/h29-35,45-46H,4-28,43-44H2,1-3H3,(H,47,57)(H,48,56)(H,49,58)(H,50,59)(H,51,54)(H,52,55)(H,53,60)/t29-,30-,31-,32-,33-,34-,35-/m0/s1. The molecule has 344 valence electrons. The average molecular weight is 850 g/mol. The number of carbonyl (C=O) groups is 7. The van der Waals surface area contributed by atoms with Gasteiger partial charge in [-0.1, -0.05) is 39.0 Å². The summed E-state index contributed by atoms with van der Waals surface area (Å²) in [5, 5.41) is 26.0. The number of rotatable bonds is 32. The lowest BCUT2D eigenvalue weighted by Gasteiger charge is -2.25. The molecule has 0 aromatic rings. The maximum Gasteiger partial charge on any atom is 0.243 e. The van der Waals surface area contributed by atoms with E-state index in [1.165, 1.54) is 6.42 Å². The van der Waals surface area contributed by atoms with Crippen LogP contribution < -0.4 is 59.3 Å². The van der Waals surface area contributed by atoms with Crippen LogP contribution in [0.1, 0.15) is 143 Å². The number of unbranched alkanes of at least 4 members (excludes halogenated alkanes) is 8. The van der Waals surface area contributed by atoms with Crippen LogP contribution in [0.5, 0.6) is 0 Å². The van der Waals surface area contributed by atoms with E-state index in [2.05, 4.69) is 54.8 Å². The fourth-order valence-corrected chi connectivity index (χ4v) is 7.28. The quantitative estimate of drug-likeness (QED) is 0.0400. The first-order valence-corrected chi connectivity index (χ1v) is 22.9. The summed E-state index contributed by atoms with van der Waals surface area (Å²) < 4.78 is 0. The van der Waals surface area contributed by atoms with Crippen molar-refractivity contribution in [3.05, 3.63) is 0 Å². The van der Waals surface area contributed by atoms with Gasteiger partial charge in [-0.15, -0.1) is 0 Å². The van der Waals surface area contributed by atoms with E-state index >= 15 is 0 Å². The van der Waals surface area contributed by atoms with Crippen molar-refractivity contribution in [2.45, 2.75) is 185 Å². The van der Waals surface area contributed by atoms with E-state index in [1.807, 2.05) is 0 Å². The lowest BCUT2D eigenvalue weighted by atomic mass is 10.0. The Balaban J connectivity index is 2.02. The van der Waals surface area contributed by atoms with E-state index in [1.54, 1.807) is 13.8 Å². The van der Waals surface area contributed by atoms with Crippen molar-refractivity contribution in [2.24, 2.45) is 11.5 Å². The van der Waals surface area contributed by atoms with E-state index in [9.17, 15) is 33.6 Å². The SMILES string of the molecule is CCCCCCCCNC(=O)[C@H](CCCCNC(=O)[C@H](CCCCN)NC(=O)[C@H](C)NC(=O)[C@@H]1CCCN1)NC(=O)[C@H](CCCCN)NC(=O)[C@H](C)NC(=O)[C@@H]1CCCN1. The van der Waals surface area contributed by atoms with Crippen LogP contribution in [0, 0.1) is 0 Å². The minimum Gasteiger partial charge on any atom is -0.354 e. The molecular weight excluding hydrogens is 771 g/mol. The summed E-state index contributed by atoms with van der Waals surface area (Å²) in [5.74, 6) is -2.68. The molecule has 13 N–H and O–H groups in total. The molecular formula is C42H79N11O7. The molecule has 0 aromatic carbocycles. The molecule has 18 heteroatoms. The van der Waals surface area contributed by atoms with Gasteiger partial charge in [0, 0.05) is 13.1 Å². The number of hydrogen-bond donors (Lipinski definition) is 11. The third-order valence-corrected chi connectivity index (χ3v) is 11.1. The van der Waals surface area contributed by atoms with Gasteiger partial charge in [0.05, 0.1) is 12.1 Å². The molecule has 0 radical (unpaired) electrons. The Morgan fingerprint density at radius 3 is 1.30 bits per heavy atom. The number of hydrogen-bond acceptors (Lipinski definition) is 11. The van der Waals surface area contributed by atoms with Crippen LogP contribution in [0.4, 0.5) is 0 Å². The second-order valence-electron chi connectivity index (χ2n) is 16.4. The normalized spacial score (nSPS) is 18.6. The highest BCUT2D eigenvalue weighted by Crippen LogP contribution is 2.10. The molecule has 7 amide bonds. The van der Waals surface area contributed by atoms with E-state index in [-0.39, 0.29) is 48.7 Å². The molecule has 0 unspecified atom stereocenters. The summed E-state index contributed by atoms with van der Waals surface area (Å²) in [6.07, 6.45) is 13.9. The fourth-order valence-electron chi connectivity index (χ4n) is 7.28. The highest BCUT2D eigenvalue weighted by molar-refractivity contribution is 5.95. The zero-order valence-corrected chi connectivity index (χ0v) is 36.7. The maximum absolute atomic E-state index is 13.8. The largest absolute Gasteiger partial charge is 0.354 e. The summed E-state index contributed by atoms with van der Waals surface area (Å²) >= 11 is 0. The lowest BCUT2D eigenvalue weighted by molar-refractivity contribution is -0.134. The second kappa shape index (κ2) is 31.0. The van der Waals surface area contributed by atoms with Crippen LogP contribution in [-0.4, -0.2) is 123 Å². The molecule has 0 spiro atoms. The monoisotopic (exact) mass is 850 g/mol. The molecule has 18 nitrogen and oxygen atoms in total. The summed E-state index contributed by atoms with van der Waals surface area (Å²) in [6, 6.07) is -5.08. The Labute approximate surface area is 357 Å². The van der Waals surface area contributed by atoms with Crippen molar-refractivity contribution >= 4 is 41.4 Å². The molecule has 60 heavy (non-hydrogen) atoms. The van der Waals surface area contributed by atoms with Crippen LogP contribution in [0.2, 0.25) is 0 Å². The van der Waals surface area contributed by atoms with Crippen molar-refractivity contribution in [3.8, 4) is 0 Å². The first-order chi connectivity index (χ1) is 28.9. The van der Waals surface area contributed by atoms with Crippen LogP contribution in [-0.2, 0) is 33.6 Å². The molecule has 2 aliphatic rings. The molecule has 7 atom stereocenters. The topological polar surface area (TPSA) is 280 Å². The Bertz CT molecular complexity index is 1310. The van der Waals surface area contributed by atoms with Gasteiger partial charge in [0.15, 0.2) is 0 Å². The molecule has 0 aromatic heterocycles. The van der Waals surface area contributed by atoms with E-state index in [0.717, 1.165) is 58.0 Å². The molecule has 2 fully saturated rings. The van der Waals surface area contributed by atoms with Gasteiger partial charge < -0.3 is 59.3 Å². The Hall–Kier alpha value is -3.87. The molecule has 2 saturated heterocycles. The molecule has 0 aliphatic carbocycles. The Morgan fingerprint density at radius 1 is 0.500 bits per heavy atom. The second-order valence-corrected chi connectivity index (χ2v) is 16.4. The van der Waals surface area contributed by atoms with Gasteiger partial charge >= 0.3 is 0 Å². The average Bonchev–Trinajstić information content (AvgIpc) is 3.98. The van der Waals surface area contributed by atoms with Crippen molar-refractivity contribution in [1.82, 2.24) is 47.9 Å². The number of carbonyl (C=O) groups excluding carboxylic acids is 7. The minimum atomic E-state index is -0.956. The third kappa shape index (κ3) is 21.1. The van der Waals surface area contributed by atoms with Crippen molar-refractivity contribution in [2.75, 3.05) is 39.3 Å². The van der Waals surface area contributed by atoms with Crippen LogP contribution in [0.3, 0.4) is 0 Å². The minimum absolute atomic E-state index is 0.246. The van der Waals surface area contributed by atoms with Crippen LogP contribution in [0.15, 0.2) is 0 Å². The smallest absolute Gasteiger partial charge is 0.243 e. The van der Waals surface area contributed by atoms with Crippen molar-refractivity contribution in [3.63, 3.8) is 0 Å². The molecule has 2 rings (SSSR count). The van der Waals surface area contributed by atoms with Crippen molar-refractivity contribution < 1.29 is 33.6 Å². The van der Waals surface area contributed by atoms with Gasteiger partial charge in [0.2, 0.25) is 41.4 Å². The number of nitrogens with two attached hydrogens (primary N) is 2. The van der Waals surface area contributed by atoms with E-state index < -0.39 is 47.9 Å². The Kier molecular flexibility index (Phi) is 27.0. The Morgan fingerprint density at radius 2 is 0.883 bits per heavy atom. The fraction of sp³-hybridized carbons (Fsp3) is 0.833. The van der Waals surface area contributed by atoms with E-state index in [4.69, 9.17) is 11.5 Å². The molecule has 2 aliphatic heterocycles. The maximum atomic E-state index is 13.8. The molecule has 0 saturated carbocycles. The first kappa shape index (κ1) is 52.3. The summed E-state index contributed by atoms with van der Waals surface area (Å²) in [5.41, 5.74) is 11.4. The van der Waals surface area contributed by atoms with Crippen LogP contribution in [0.25, 0.3) is 0 Å². The van der Waals surface area contributed by atoms with Gasteiger partial charge in [0.25, 0.3) is 0 Å². The molecule has 2 heterocycles. The summed E-state index contributed by atoms with van der Waals surface area (Å²) in [4.78, 5) is 92.1. The number of amides is 7. The highest BCUT2D eigenvalue weighted by atomic mass is 16.2. The van der Waals surface area contributed by atoms with Gasteiger partial charge in [-0.3, -0.25) is 33.6 Å². The third-order valence-electron chi connectivity index (χ3n) is 11.1. The van der Waals surface area contributed by atoms with E-state index in [0.29, 0.717) is 83.8 Å². The zero-order valence-electron chi connectivity index (χ0n) is 36.7. The molecule has 0 bridgehead atoms. The number of nitrogens with one attached hydrogen (secondary N) is 9. The van der Waals surface area contributed by atoms with Crippen LogP contribution >= 0.6 is 0 Å². The zero-order chi connectivity index (χ0) is 44.1. The van der Waals surface area contributed by atoms with Crippen molar-refractivity contribution in [1.29, 1.82) is 0 Å². The van der Waals surface area contributed by atoms with Gasteiger partial charge in [-0.25, -0.2) is 0 Å². The highest BCUT2D eigenvalue weighted by Gasteiger charge is 2.31. The predicted molar refractivity (Wildman–Crippen MR) is 232 cm³/mol. The lowest BCUT2D eigenvalue weighted by Crippen LogP contribution is -2.57. The van der Waals surface area contributed by atoms with Gasteiger partial charge in [-0.2, -0.15) is 0 Å². The van der Waals surface area contributed by atoms with Gasteiger partial charge in [-0.05, 0) is 130 Å². The first-order valence-electron chi connectivity index (χ1n) is 22.9. The van der Waals surface area contributed by atoms with Gasteiger partial charge in [0.1, 0.15) is 30.2 Å².